The van der Waals surface area contributed by atoms with Crippen LogP contribution in [0.15, 0.2) is 17.8 Å². The zero-order valence-corrected chi connectivity index (χ0v) is 16.0. The number of nitrogens with zero attached hydrogens (tertiary/aromatic N) is 4. The van der Waals surface area contributed by atoms with Crippen LogP contribution in [0.2, 0.25) is 0 Å². The van der Waals surface area contributed by atoms with Crippen LogP contribution >= 0.6 is 11.3 Å². The van der Waals surface area contributed by atoms with Crippen molar-refractivity contribution in [3.8, 4) is 0 Å². The minimum atomic E-state index is 0.221. The number of nitrogen functional groups attached to an aromatic ring is 1. The number of carbonyl (C=O) groups excluding carboxylic acids is 1. The molecule has 1 aliphatic heterocycles. The van der Waals surface area contributed by atoms with Crippen LogP contribution in [0, 0.1) is 5.92 Å². The Morgan fingerprint density at radius 3 is 2.92 bits per heavy atom. The maximum absolute atomic E-state index is 12.7. The van der Waals surface area contributed by atoms with Crippen LogP contribution in [0.1, 0.15) is 56.0 Å². The first kappa shape index (κ1) is 17.5. The maximum atomic E-state index is 12.7. The number of hydrogen-bond donors (Lipinski definition) is 1. The first-order valence-corrected chi connectivity index (χ1v) is 10.6. The Bertz CT molecular complexity index is 751. The van der Waals surface area contributed by atoms with E-state index in [4.69, 9.17) is 5.73 Å². The van der Waals surface area contributed by atoms with E-state index in [1.54, 1.807) is 0 Å². The van der Waals surface area contributed by atoms with Gasteiger partial charge in [0.1, 0.15) is 5.82 Å². The molecule has 0 spiro atoms. The van der Waals surface area contributed by atoms with Gasteiger partial charge in [-0.25, -0.2) is 9.97 Å². The number of amides is 1. The van der Waals surface area contributed by atoms with Crippen molar-refractivity contribution in [2.75, 3.05) is 18.8 Å². The second-order valence-electron chi connectivity index (χ2n) is 7.59. The Labute approximate surface area is 158 Å². The highest BCUT2D eigenvalue weighted by molar-refractivity contribution is 7.13. The molecular formula is C19H27N5OS. The number of anilines is 1. The summed E-state index contributed by atoms with van der Waals surface area (Å²) in [6.07, 6.45) is 11.4. The van der Waals surface area contributed by atoms with Crippen LogP contribution < -0.4 is 5.73 Å². The zero-order valence-electron chi connectivity index (χ0n) is 15.1. The van der Waals surface area contributed by atoms with E-state index in [0.717, 1.165) is 44.1 Å². The molecule has 1 atom stereocenters. The molecule has 0 aromatic carbocycles. The van der Waals surface area contributed by atoms with E-state index in [1.807, 2.05) is 16.5 Å². The standard InChI is InChI=1S/C19H27N5OS/c20-19-22-16(13-26-19)6-7-17(25)23-9-2-5-15(12-23)18-21-8-10-24(18)11-14-3-1-4-14/h8,10,13-15H,1-7,9,11-12H2,(H2,20,22)/t15-/m1/s1. The number of aryl methyl sites for hydroxylation is 1. The molecule has 6 nitrogen and oxygen atoms in total. The molecule has 1 amide bonds. The molecule has 1 saturated heterocycles. The highest BCUT2D eigenvalue weighted by Crippen LogP contribution is 2.31. The van der Waals surface area contributed by atoms with Crippen molar-refractivity contribution >= 4 is 22.4 Å². The number of likely N-dealkylation sites (tertiary alicyclic amines) is 1. The summed E-state index contributed by atoms with van der Waals surface area (Å²) in [6, 6.07) is 0. The topological polar surface area (TPSA) is 77.0 Å². The molecule has 0 unspecified atom stereocenters. The Kier molecular flexibility index (Phi) is 5.24. The molecule has 1 aliphatic carbocycles. The molecule has 140 valence electrons. The Morgan fingerprint density at radius 2 is 2.19 bits per heavy atom. The van der Waals surface area contributed by atoms with Gasteiger partial charge in [-0.05, 0) is 38.0 Å². The molecule has 2 N–H and O–H groups in total. The van der Waals surface area contributed by atoms with Crippen LogP contribution in [0.5, 0.6) is 0 Å². The van der Waals surface area contributed by atoms with E-state index >= 15 is 0 Å². The summed E-state index contributed by atoms with van der Waals surface area (Å²) in [6.45, 7) is 2.74. The fraction of sp³-hybridized carbons (Fsp3) is 0.632. The molecule has 2 aromatic rings. The number of nitrogens with two attached hydrogens (primary N) is 1. The van der Waals surface area contributed by atoms with Crippen molar-refractivity contribution in [2.24, 2.45) is 5.92 Å². The van der Waals surface area contributed by atoms with Gasteiger partial charge in [0.2, 0.25) is 5.91 Å². The van der Waals surface area contributed by atoms with Crippen molar-refractivity contribution in [1.82, 2.24) is 19.4 Å². The SMILES string of the molecule is Nc1nc(CCC(=O)N2CCC[C@@H](c3nccn3CC3CCC3)C2)cs1. The van der Waals surface area contributed by atoms with Crippen molar-refractivity contribution in [3.05, 3.63) is 29.3 Å². The largest absolute Gasteiger partial charge is 0.375 e. The molecule has 2 fully saturated rings. The summed E-state index contributed by atoms with van der Waals surface area (Å²) in [5.74, 6) is 2.56. The third kappa shape index (κ3) is 3.92. The van der Waals surface area contributed by atoms with Crippen LogP contribution in [0.25, 0.3) is 0 Å². The monoisotopic (exact) mass is 373 g/mol. The predicted octanol–water partition coefficient (Wildman–Crippen LogP) is 3.06. The number of carbonyl (C=O) groups is 1. The van der Waals surface area contributed by atoms with Crippen LogP contribution in [-0.4, -0.2) is 38.4 Å². The quantitative estimate of drug-likeness (QED) is 0.844. The first-order chi connectivity index (χ1) is 12.7. The molecule has 26 heavy (non-hydrogen) atoms. The van der Waals surface area contributed by atoms with Gasteiger partial charge in [-0.15, -0.1) is 11.3 Å². The molecule has 7 heteroatoms. The minimum absolute atomic E-state index is 0.221. The molecule has 0 radical (unpaired) electrons. The summed E-state index contributed by atoms with van der Waals surface area (Å²) >= 11 is 1.43. The van der Waals surface area contributed by atoms with Gasteiger partial charge in [-0.1, -0.05) is 6.42 Å². The number of hydrogen-bond acceptors (Lipinski definition) is 5. The van der Waals surface area contributed by atoms with Gasteiger partial charge in [0.05, 0.1) is 5.69 Å². The molecule has 2 aromatic heterocycles. The lowest BCUT2D eigenvalue weighted by atomic mass is 9.85. The fourth-order valence-corrected chi connectivity index (χ4v) is 4.63. The predicted molar refractivity (Wildman–Crippen MR) is 103 cm³/mol. The van der Waals surface area contributed by atoms with Gasteiger partial charge in [-0.2, -0.15) is 0 Å². The summed E-state index contributed by atoms with van der Waals surface area (Å²) in [7, 11) is 0. The van der Waals surface area contributed by atoms with Gasteiger partial charge < -0.3 is 15.2 Å². The van der Waals surface area contributed by atoms with Crippen LogP contribution in [0.3, 0.4) is 0 Å². The van der Waals surface area contributed by atoms with Crippen LogP contribution in [-0.2, 0) is 17.8 Å². The van der Waals surface area contributed by atoms with Crippen molar-refractivity contribution in [2.45, 2.75) is 57.4 Å². The highest BCUT2D eigenvalue weighted by atomic mass is 32.1. The lowest BCUT2D eigenvalue weighted by molar-refractivity contribution is -0.132. The number of aromatic nitrogens is 3. The van der Waals surface area contributed by atoms with E-state index in [2.05, 4.69) is 20.7 Å². The van der Waals surface area contributed by atoms with Gasteiger partial charge in [0.25, 0.3) is 0 Å². The number of imidazole rings is 1. The van der Waals surface area contributed by atoms with Crippen molar-refractivity contribution in [3.63, 3.8) is 0 Å². The molecule has 0 bridgehead atoms. The Morgan fingerprint density at radius 1 is 1.31 bits per heavy atom. The molecule has 4 rings (SSSR count). The number of rotatable bonds is 6. The third-order valence-electron chi connectivity index (χ3n) is 5.73. The third-order valence-corrected chi connectivity index (χ3v) is 6.45. The van der Waals surface area contributed by atoms with E-state index in [9.17, 15) is 4.79 Å². The van der Waals surface area contributed by atoms with Gasteiger partial charge >= 0.3 is 0 Å². The minimum Gasteiger partial charge on any atom is -0.375 e. The molecular weight excluding hydrogens is 346 g/mol. The molecule has 2 aliphatic rings. The van der Waals surface area contributed by atoms with E-state index in [1.165, 1.54) is 36.4 Å². The zero-order chi connectivity index (χ0) is 17.9. The fourth-order valence-electron chi connectivity index (χ4n) is 4.03. The van der Waals surface area contributed by atoms with Crippen molar-refractivity contribution in [1.29, 1.82) is 0 Å². The highest BCUT2D eigenvalue weighted by Gasteiger charge is 2.28. The summed E-state index contributed by atoms with van der Waals surface area (Å²) in [4.78, 5) is 23.6. The normalized spacial score (nSPS) is 20.9. The lowest BCUT2D eigenvalue weighted by Gasteiger charge is -2.33. The van der Waals surface area contributed by atoms with Crippen molar-refractivity contribution < 1.29 is 4.79 Å². The second kappa shape index (κ2) is 7.78. The van der Waals surface area contributed by atoms with Gasteiger partial charge in [0, 0.05) is 49.7 Å². The summed E-state index contributed by atoms with van der Waals surface area (Å²) in [5.41, 5.74) is 6.59. The first-order valence-electron chi connectivity index (χ1n) is 9.67. The average Bonchev–Trinajstić information content (AvgIpc) is 3.25. The molecule has 3 heterocycles. The average molecular weight is 374 g/mol. The summed E-state index contributed by atoms with van der Waals surface area (Å²) in [5, 5.41) is 2.52. The van der Waals surface area contributed by atoms with Gasteiger partial charge in [-0.3, -0.25) is 4.79 Å². The van der Waals surface area contributed by atoms with E-state index in [0.29, 0.717) is 23.9 Å². The molecule has 1 saturated carbocycles. The maximum Gasteiger partial charge on any atom is 0.222 e. The number of thiazole rings is 1. The van der Waals surface area contributed by atoms with Gasteiger partial charge in [0.15, 0.2) is 5.13 Å². The van der Waals surface area contributed by atoms with E-state index < -0.39 is 0 Å². The number of piperidine rings is 1. The summed E-state index contributed by atoms with van der Waals surface area (Å²) < 4.78 is 2.33. The lowest BCUT2D eigenvalue weighted by Crippen LogP contribution is -2.40. The smallest absolute Gasteiger partial charge is 0.222 e. The van der Waals surface area contributed by atoms with Crippen LogP contribution in [0.4, 0.5) is 5.13 Å². The Hall–Kier alpha value is -1.89. The Balaban J connectivity index is 1.35. The second-order valence-corrected chi connectivity index (χ2v) is 8.48. The van der Waals surface area contributed by atoms with E-state index in [-0.39, 0.29) is 5.91 Å².